The van der Waals surface area contributed by atoms with E-state index in [0.29, 0.717) is 0 Å². The molecule has 2 fully saturated rings. The summed E-state index contributed by atoms with van der Waals surface area (Å²) in [6.07, 6.45) is 2.79. The SMILES string of the molecule is COCCN(CCN1CCNCC1)C1CC1. The Morgan fingerprint density at radius 3 is 2.62 bits per heavy atom. The Morgan fingerprint density at radius 2 is 2.00 bits per heavy atom. The van der Waals surface area contributed by atoms with Crippen molar-refractivity contribution < 1.29 is 4.74 Å². The maximum atomic E-state index is 5.18. The molecule has 0 aromatic heterocycles. The molecule has 0 aromatic rings. The third-order valence-corrected chi connectivity index (χ3v) is 3.56. The van der Waals surface area contributed by atoms with Gasteiger partial charge in [-0.1, -0.05) is 0 Å². The monoisotopic (exact) mass is 227 g/mol. The van der Waals surface area contributed by atoms with E-state index in [4.69, 9.17) is 4.74 Å². The van der Waals surface area contributed by atoms with Crippen molar-refractivity contribution >= 4 is 0 Å². The van der Waals surface area contributed by atoms with Crippen LogP contribution in [0.2, 0.25) is 0 Å². The Kier molecular flexibility index (Phi) is 5.03. The molecule has 0 amide bonds. The number of nitrogens with one attached hydrogen (secondary N) is 1. The molecule has 1 N–H and O–H groups in total. The van der Waals surface area contributed by atoms with Crippen LogP contribution >= 0.6 is 0 Å². The van der Waals surface area contributed by atoms with Crippen LogP contribution in [-0.4, -0.2) is 75.4 Å². The van der Waals surface area contributed by atoms with Crippen LogP contribution in [0.15, 0.2) is 0 Å². The second-order valence-electron chi connectivity index (χ2n) is 4.85. The molecule has 4 nitrogen and oxygen atoms in total. The lowest BCUT2D eigenvalue weighted by molar-refractivity contribution is 0.128. The maximum Gasteiger partial charge on any atom is 0.0589 e. The molecule has 16 heavy (non-hydrogen) atoms. The highest BCUT2D eigenvalue weighted by Gasteiger charge is 2.28. The fourth-order valence-corrected chi connectivity index (χ4v) is 2.33. The zero-order valence-corrected chi connectivity index (χ0v) is 10.5. The highest BCUT2D eigenvalue weighted by Crippen LogP contribution is 2.26. The second-order valence-corrected chi connectivity index (χ2v) is 4.85. The van der Waals surface area contributed by atoms with Crippen molar-refractivity contribution in [2.45, 2.75) is 18.9 Å². The normalized spacial score (nSPS) is 22.9. The molecule has 0 spiro atoms. The molecule has 0 bridgehead atoms. The Morgan fingerprint density at radius 1 is 1.25 bits per heavy atom. The summed E-state index contributed by atoms with van der Waals surface area (Å²) in [6, 6.07) is 0.859. The molecular weight excluding hydrogens is 202 g/mol. The van der Waals surface area contributed by atoms with Gasteiger partial charge >= 0.3 is 0 Å². The fraction of sp³-hybridized carbons (Fsp3) is 1.00. The molecule has 0 atom stereocenters. The summed E-state index contributed by atoms with van der Waals surface area (Å²) in [7, 11) is 1.79. The number of piperazine rings is 1. The van der Waals surface area contributed by atoms with Crippen molar-refractivity contribution in [1.82, 2.24) is 15.1 Å². The third-order valence-electron chi connectivity index (χ3n) is 3.56. The van der Waals surface area contributed by atoms with Gasteiger partial charge in [0.1, 0.15) is 0 Å². The smallest absolute Gasteiger partial charge is 0.0589 e. The second kappa shape index (κ2) is 6.55. The lowest BCUT2D eigenvalue weighted by Crippen LogP contribution is -2.46. The van der Waals surface area contributed by atoms with Crippen molar-refractivity contribution in [3.05, 3.63) is 0 Å². The molecule has 94 valence electrons. The topological polar surface area (TPSA) is 27.7 Å². The number of hydrogen-bond acceptors (Lipinski definition) is 4. The number of methoxy groups -OCH3 is 1. The van der Waals surface area contributed by atoms with Crippen LogP contribution in [0.25, 0.3) is 0 Å². The first-order valence-electron chi connectivity index (χ1n) is 6.56. The number of hydrogen-bond donors (Lipinski definition) is 1. The van der Waals surface area contributed by atoms with Crippen LogP contribution in [0.1, 0.15) is 12.8 Å². The zero-order chi connectivity index (χ0) is 11.2. The molecule has 1 aliphatic heterocycles. The minimum Gasteiger partial charge on any atom is -0.383 e. The average Bonchev–Trinajstić information content (AvgIpc) is 3.15. The summed E-state index contributed by atoms with van der Waals surface area (Å²) in [4.78, 5) is 5.17. The van der Waals surface area contributed by atoms with Gasteiger partial charge in [0.2, 0.25) is 0 Å². The number of nitrogens with zero attached hydrogens (tertiary/aromatic N) is 2. The van der Waals surface area contributed by atoms with E-state index in [-0.39, 0.29) is 0 Å². The summed E-state index contributed by atoms with van der Waals surface area (Å²) in [5.41, 5.74) is 0. The Bertz CT molecular complexity index is 191. The van der Waals surface area contributed by atoms with Crippen molar-refractivity contribution in [3.8, 4) is 0 Å². The van der Waals surface area contributed by atoms with Gasteiger partial charge in [-0.15, -0.1) is 0 Å². The number of rotatable bonds is 7. The van der Waals surface area contributed by atoms with Gasteiger partial charge in [0.05, 0.1) is 6.61 Å². The molecule has 2 rings (SSSR count). The van der Waals surface area contributed by atoms with Gasteiger partial charge in [-0.3, -0.25) is 9.80 Å². The molecule has 1 heterocycles. The molecule has 0 aromatic carbocycles. The molecule has 0 unspecified atom stereocenters. The molecule has 0 radical (unpaired) electrons. The molecule has 1 saturated carbocycles. The van der Waals surface area contributed by atoms with Crippen LogP contribution in [0, 0.1) is 0 Å². The third kappa shape index (κ3) is 4.01. The van der Waals surface area contributed by atoms with Gasteiger partial charge < -0.3 is 10.1 Å². The first kappa shape index (κ1) is 12.3. The van der Waals surface area contributed by atoms with Gasteiger partial charge in [-0.2, -0.15) is 0 Å². The first-order valence-corrected chi connectivity index (χ1v) is 6.56. The van der Waals surface area contributed by atoms with Gasteiger partial charge in [-0.05, 0) is 12.8 Å². The Labute approximate surface area is 98.9 Å². The van der Waals surface area contributed by atoms with E-state index in [1.807, 2.05) is 0 Å². The molecule has 2 aliphatic rings. The van der Waals surface area contributed by atoms with Crippen LogP contribution in [0.5, 0.6) is 0 Å². The van der Waals surface area contributed by atoms with Gasteiger partial charge in [0.15, 0.2) is 0 Å². The molecule has 1 saturated heterocycles. The van der Waals surface area contributed by atoms with E-state index in [1.165, 1.54) is 39.0 Å². The summed E-state index contributed by atoms with van der Waals surface area (Å²) >= 11 is 0. The summed E-state index contributed by atoms with van der Waals surface area (Å²) in [5, 5.41) is 3.40. The van der Waals surface area contributed by atoms with Gasteiger partial charge in [0.25, 0.3) is 0 Å². The van der Waals surface area contributed by atoms with Crippen molar-refractivity contribution in [2.75, 3.05) is 59.5 Å². The number of ether oxygens (including phenoxy) is 1. The standard InChI is InChI=1S/C12H25N3O/c1-16-11-10-15(12-2-3-12)9-8-14-6-4-13-5-7-14/h12-13H,2-11H2,1H3. The Balaban J connectivity index is 1.64. The van der Waals surface area contributed by atoms with Crippen molar-refractivity contribution in [3.63, 3.8) is 0 Å². The maximum absolute atomic E-state index is 5.18. The van der Waals surface area contributed by atoms with E-state index in [0.717, 1.165) is 32.3 Å². The molecular formula is C12H25N3O. The lowest BCUT2D eigenvalue weighted by Gasteiger charge is -2.30. The van der Waals surface area contributed by atoms with E-state index in [9.17, 15) is 0 Å². The Hall–Kier alpha value is -0.160. The fourth-order valence-electron chi connectivity index (χ4n) is 2.33. The van der Waals surface area contributed by atoms with E-state index in [1.54, 1.807) is 7.11 Å². The quantitative estimate of drug-likeness (QED) is 0.663. The van der Waals surface area contributed by atoms with Crippen LogP contribution in [0.3, 0.4) is 0 Å². The summed E-state index contributed by atoms with van der Waals surface area (Å²) in [5.74, 6) is 0. The van der Waals surface area contributed by atoms with E-state index >= 15 is 0 Å². The van der Waals surface area contributed by atoms with Crippen LogP contribution in [0.4, 0.5) is 0 Å². The summed E-state index contributed by atoms with van der Waals surface area (Å²) < 4.78 is 5.18. The van der Waals surface area contributed by atoms with Gasteiger partial charge in [-0.25, -0.2) is 0 Å². The predicted molar refractivity (Wildman–Crippen MR) is 65.8 cm³/mol. The predicted octanol–water partition coefficient (Wildman–Crippen LogP) is 0.00240. The molecule has 4 heteroatoms. The minimum atomic E-state index is 0.859. The van der Waals surface area contributed by atoms with Crippen LogP contribution in [-0.2, 0) is 4.74 Å². The molecule has 1 aliphatic carbocycles. The van der Waals surface area contributed by atoms with E-state index in [2.05, 4.69) is 15.1 Å². The minimum absolute atomic E-state index is 0.859. The first-order chi connectivity index (χ1) is 7.90. The lowest BCUT2D eigenvalue weighted by atomic mass is 10.3. The van der Waals surface area contributed by atoms with Gasteiger partial charge in [0, 0.05) is 59.0 Å². The largest absolute Gasteiger partial charge is 0.383 e. The zero-order valence-electron chi connectivity index (χ0n) is 10.5. The highest BCUT2D eigenvalue weighted by atomic mass is 16.5. The van der Waals surface area contributed by atoms with Crippen LogP contribution < -0.4 is 5.32 Å². The average molecular weight is 227 g/mol. The highest BCUT2D eigenvalue weighted by molar-refractivity contribution is 4.85. The van der Waals surface area contributed by atoms with Crippen molar-refractivity contribution in [2.24, 2.45) is 0 Å². The summed E-state index contributed by atoms with van der Waals surface area (Å²) in [6.45, 7) is 9.15. The van der Waals surface area contributed by atoms with E-state index < -0.39 is 0 Å². The van der Waals surface area contributed by atoms with Crippen molar-refractivity contribution in [1.29, 1.82) is 0 Å².